The van der Waals surface area contributed by atoms with Gasteiger partial charge in [-0.15, -0.1) is 0 Å². The lowest BCUT2D eigenvalue weighted by Gasteiger charge is -2.11. The molecule has 1 aromatic heterocycles. The molecular formula is C13H15ClN2O2. The van der Waals surface area contributed by atoms with E-state index in [-0.39, 0.29) is 6.10 Å². The molecule has 0 aliphatic heterocycles. The molecule has 0 saturated heterocycles. The Morgan fingerprint density at radius 3 is 2.83 bits per heavy atom. The Labute approximate surface area is 111 Å². The van der Waals surface area contributed by atoms with Crippen LogP contribution in [-0.2, 0) is 6.54 Å². The lowest BCUT2D eigenvalue weighted by atomic mass is 10.1. The van der Waals surface area contributed by atoms with E-state index >= 15 is 0 Å². The van der Waals surface area contributed by atoms with Crippen LogP contribution in [0.3, 0.4) is 0 Å². The number of rotatable bonds is 4. The third-order valence-corrected chi connectivity index (χ3v) is 2.72. The Morgan fingerprint density at radius 2 is 2.22 bits per heavy atom. The molecule has 2 rings (SSSR count). The van der Waals surface area contributed by atoms with Gasteiger partial charge in [0.25, 0.3) is 0 Å². The number of nitrogens with zero attached hydrogens (tertiary/aromatic N) is 1. The van der Waals surface area contributed by atoms with Crippen LogP contribution in [0.1, 0.15) is 19.4 Å². The zero-order chi connectivity index (χ0) is 13.1. The minimum Gasteiger partial charge on any atom is -0.489 e. The van der Waals surface area contributed by atoms with Gasteiger partial charge in [-0.2, -0.15) is 0 Å². The third kappa shape index (κ3) is 2.66. The van der Waals surface area contributed by atoms with E-state index in [0.717, 1.165) is 11.1 Å². The lowest BCUT2D eigenvalue weighted by Crippen LogP contribution is -2.05. The van der Waals surface area contributed by atoms with Gasteiger partial charge in [-0.1, -0.05) is 16.8 Å². The molecule has 0 radical (unpaired) electrons. The highest BCUT2D eigenvalue weighted by Crippen LogP contribution is 2.32. The average Bonchev–Trinajstić information content (AvgIpc) is 2.79. The van der Waals surface area contributed by atoms with Gasteiger partial charge in [0.2, 0.25) is 0 Å². The van der Waals surface area contributed by atoms with Crippen molar-refractivity contribution in [3.8, 4) is 17.1 Å². The second-order valence-electron chi connectivity index (χ2n) is 4.20. The first kappa shape index (κ1) is 12.9. The van der Waals surface area contributed by atoms with E-state index in [1.807, 2.05) is 26.0 Å². The monoisotopic (exact) mass is 266 g/mol. The average molecular weight is 267 g/mol. The zero-order valence-electron chi connectivity index (χ0n) is 10.3. The van der Waals surface area contributed by atoms with Gasteiger partial charge in [0.05, 0.1) is 17.3 Å². The van der Waals surface area contributed by atoms with Crippen LogP contribution >= 0.6 is 11.6 Å². The standard InChI is InChI=1S/C13H15ClN2O2/c1-8(2)17-12-4-3-9(5-11(12)14)13-10(6-15)7-16-18-13/h3-5,7-8H,6,15H2,1-2H3. The number of benzene rings is 1. The molecule has 1 heterocycles. The van der Waals surface area contributed by atoms with Crippen molar-refractivity contribution in [1.82, 2.24) is 5.16 Å². The quantitative estimate of drug-likeness (QED) is 0.923. The van der Waals surface area contributed by atoms with Crippen LogP contribution in [0.2, 0.25) is 5.02 Å². The molecule has 0 atom stereocenters. The maximum absolute atomic E-state index is 6.17. The molecule has 5 heteroatoms. The van der Waals surface area contributed by atoms with E-state index in [1.165, 1.54) is 0 Å². The minimum atomic E-state index is 0.0817. The first-order valence-electron chi connectivity index (χ1n) is 5.72. The van der Waals surface area contributed by atoms with Crippen molar-refractivity contribution < 1.29 is 9.26 Å². The summed E-state index contributed by atoms with van der Waals surface area (Å²) in [5, 5.41) is 4.28. The Kier molecular flexibility index (Phi) is 3.89. The van der Waals surface area contributed by atoms with E-state index in [9.17, 15) is 0 Å². The van der Waals surface area contributed by atoms with E-state index in [1.54, 1.807) is 12.3 Å². The van der Waals surface area contributed by atoms with Crippen LogP contribution in [0.5, 0.6) is 5.75 Å². The molecule has 2 aromatic rings. The van der Waals surface area contributed by atoms with Crippen LogP contribution in [-0.4, -0.2) is 11.3 Å². The van der Waals surface area contributed by atoms with Crippen LogP contribution in [0.15, 0.2) is 28.9 Å². The van der Waals surface area contributed by atoms with Crippen molar-refractivity contribution in [2.24, 2.45) is 5.73 Å². The fraction of sp³-hybridized carbons (Fsp3) is 0.308. The van der Waals surface area contributed by atoms with Gasteiger partial charge in [-0.05, 0) is 32.0 Å². The number of nitrogens with two attached hydrogens (primary N) is 1. The van der Waals surface area contributed by atoms with Crippen LogP contribution in [0.25, 0.3) is 11.3 Å². The van der Waals surface area contributed by atoms with Gasteiger partial charge in [-0.3, -0.25) is 0 Å². The molecule has 2 N–H and O–H groups in total. The van der Waals surface area contributed by atoms with Gasteiger partial charge in [0.1, 0.15) is 5.75 Å². The fourth-order valence-electron chi connectivity index (χ4n) is 1.64. The maximum Gasteiger partial charge on any atom is 0.171 e. The molecule has 0 aliphatic carbocycles. The third-order valence-electron chi connectivity index (χ3n) is 2.42. The van der Waals surface area contributed by atoms with Crippen molar-refractivity contribution in [3.63, 3.8) is 0 Å². The summed E-state index contributed by atoms with van der Waals surface area (Å²) in [5.41, 5.74) is 7.30. The summed E-state index contributed by atoms with van der Waals surface area (Å²) in [5.74, 6) is 1.31. The van der Waals surface area contributed by atoms with Crippen molar-refractivity contribution in [2.75, 3.05) is 0 Å². The number of hydrogen-bond donors (Lipinski definition) is 1. The second kappa shape index (κ2) is 5.42. The number of ether oxygens (including phenoxy) is 1. The van der Waals surface area contributed by atoms with Crippen LogP contribution < -0.4 is 10.5 Å². The predicted octanol–water partition coefficient (Wildman–Crippen LogP) is 3.24. The highest BCUT2D eigenvalue weighted by atomic mass is 35.5. The zero-order valence-corrected chi connectivity index (χ0v) is 11.1. The first-order chi connectivity index (χ1) is 8.61. The van der Waals surface area contributed by atoms with Crippen molar-refractivity contribution in [3.05, 3.63) is 35.0 Å². The summed E-state index contributed by atoms with van der Waals surface area (Å²) >= 11 is 6.17. The van der Waals surface area contributed by atoms with Gasteiger partial charge in [-0.25, -0.2) is 0 Å². The molecule has 0 spiro atoms. The number of aromatic nitrogens is 1. The van der Waals surface area contributed by atoms with Gasteiger partial charge in [0, 0.05) is 17.7 Å². The molecule has 1 aromatic carbocycles. The largest absolute Gasteiger partial charge is 0.489 e. The van der Waals surface area contributed by atoms with Crippen molar-refractivity contribution in [2.45, 2.75) is 26.5 Å². The normalized spacial score (nSPS) is 10.9. The molecule has 4 nitrogen and oxygen atoms in total. The topological polar surface area (TPSA) is 61.3 Å². The number of halogens is 1. The van der Waals surface area contributed by atoms with Gasteiger partial charge >= 0.3 is 0 Å². The lowest BCUT2D eigenvalue weighted by molar-refractivity contribution is 0.242. The molecule has 96 valence electrons. The van der Waals surface area contributed by atoms with Gasteiger partial charge < -0.3 is 15.0 Å². The summed E-state index contributed by atoms with van der Waals surface area (Å²) in [4.78, 5) is 0. The van der Waals surface area contributed by atoms with E-state index in [0.29, 0.717) is 23.1 Å². The predicted molar refractivity (Wildman–Crippen MR) is 70.6 cm³/mol. The highest BCUT2D eigenvalue weighted by Gasteiger charge is 2.12. The molecule has 0 unspecified atom stereocenters. The molecule has 0 amide bonds. The minimum absolute atomic E-state index is 0.0817. The maximum atomic E-state index is 6.17. The van der Waals surface area contributed by atoms with E-state index in [2.05, 4.69) is 5.16 Å². The Bertz CT molecular complexity index is 538. The van der Waals surface area contributed by atoms with Crippen molar-refractivity contribution in [1.29, 1.82) is 0 Å². The molecule has 0 bridgehead atoms. The summed E-state index contributed by atoms with van der Waals surface area (Å²) in [6, 6.07) is 5.49. The SMILES string of the molecule is CC(C)Oc1ccc(-c2oncc2CN)cc1Cl. The van der Waals surface area contributed by atoms with E-state index < -0.39 is 0 Å². The summed E-state index contributed by atoms with van der Waals surface area (Å²) in [6.45, 7) is 4.28. The summed E-state index contributed by atoms with van der Waals surface area (Å²) in [6.07, 6.45) is 1.69. The summed E-state index contributed by atoms with van der Waals surface area (Å²) < 4.78 is 10.8. The molecule has 0 fully saturated rings. The number of hydrogen-bond acceptors (Lipinski definition) is 4. The first-order valence-corrected chi connectivity index (χ1v) is 6.09. The van der Waals surface area contributed by atoms with Crippen molar-refractivity contribution >= 4 is 11.6 Å². The second-order valence-corrected chi connectivity index (χ2v) is 4.60. The Hall–Kier alpha value is -1.52. The van der Waals surface area contributed by atoms with Crippen LogP contribution in [0.4, 0.5) is 0 Å². The Morgan fingerprint density at radius 1 is 1.44 bits per heavy atom. The highest BCUT2D eigenvalue weighted by molar-refractivity contribution is 6.32. The van der Waals surface area contributed by atoms with E-state index in [4.69, 9.17) is 26.6 Å². The molecule has 0 aliphatic rings. The molecule has 0 saturated carbocycles. The molecular weight excluding hydrogens is 252 g/mol. The smallest absolute Gasteiger partial charge is 0.171 e. The summed E-state index contributed by atoms with van der Waals surface area (Å²) in [7, 11) is 0. The van der Waals surface area contributed by atoms with Crippen LogP contribution in [0, 0.1) is 0 Å². The Balaban J connectivity index is 2.34. The fourth-order valence-corrected chi connectivity index (χ4v) is 1.86. The van der Waals surface area contributed by atoms with Gasteiger partial charge in [0.15, 0.2) is 5.76 Å². The molecule has 18 heavy (non-hydrogen) atoms.